The van der Waals surface area contributed by atoms with Crippen LogP contribution in [-0.2, 0) is 0 Å². The maximum absolute atomic E-state index is 11.9. The van der Waals surface area contributed by atoms with Crippen molar-refractivity contribution in [2.75, 3.05) is 6.54 Å². The largest absolute Gasteiger partial charge is 0.352 e. The van der Waals surface area contributed by atoms with Crippen LogP contribution in [0.2, 0.25) is 5.02 Å². The highest BCUT2D eigenvalue weighted by atomic mass is 127. The number of carbonyl (C=O) groups is 1. The fourth-order valence-electron chi connectivity index (χ4n) is 1.18. The number of carbonyl (C=O) groups excluding carboxylic acids is 1. The van der Waals surface area contributed by atoms with Gasteiger partial charge in [0.15, 0.2) is 0 Å². The summed E-state index contributed by atoms with van der Waals surface area (Å²) in [6, 6.07) is 5.34. The molecule has 0 fully saturated rings. The van der Waals surface area contributed by atoms with E-state index in [1.54, 1.807) is 12.1 Å². The highest BCUT2D eigenvalue weighted by molar-refractivity contribution is 14.1. The summed E-state index contributed by atoms with van der Waals surface area (Å²) in [5.74, 6) is 0.452. The Kier molecular flexibility index (Phi) is 5.55. The molecule has 0 aromatic heterocycles. The second-order valence-electron chi connectivity index (χ2n) is 3.85. The van der Waals surface area contributed by atoms with Crippen LogP contribution in [0, 0.1) is 9.49 Å². The van der Waals surface area contributed by atoms with Crippen LogP contribution in [0.4, 0.5) is 0 Å². The van der Waals surface area contributed by atoms with E-state index >= 15 is 0 Å². The summed E-state index contributed by atoms with van der Waals surface area (Å²) in [6.45, 7) is 4.93. The van der Waals surface area contributed by atoms with Gasteiger partial charge >= 0.3 is 0 Å². The Morgan fingerprint density at radius 3 is 2.88 bits per heavy atom. The molecule has 0 saturated heterocycles. The zero-order valence-corrected chi connectivity index (χ0v) is 12.3. The minimum absolute atomic E-state index is 0.0489. The topological polar surface area (TPSA) is 29.1 Å². The maximum atomic E-state index is 11.9. The van der Waals surface area contributed by atoms with Crippen LogP contribution in [-0.4, -0.2) is 12.5 Å². The van der Waals surface area contributed by atoms with E-state index in [2.05, 4.69) is 41.8 Å². The normalized spacial score (nSPS) is 12.2. The number of rotatable bonds is 4. The quantitative estimate of drug-likeness (QED) is 0.823. The van der Waals surface area contributed by atoms with Crippen LogP contribution < -0.4 is 5.32 Å². The van der Waals surface area contributed by atoms with E-state index in [0.29, 0.717) is 23.0 Å². The lowest BCUT2D eigenvalue weighted by atomic mass is 10.1. The first kappa shape index (κ1) is 13.8. The first-order valence-corrected chi connectivity index (χ1v) is 6.73. The minimum Gasteiger partial charge on any atom is -0.352 e. The lowest BCUT2D eigenvalue weighted by molar-refractivity contribution is 0.0947. The zero-order chi connectivity index (χ0) is 12.1. The Morgan fingerprint density at radius 2 is 2.25 bits per heavy atom. The summed E-state index contributed by atoms with van der Waals surface area (Å²) >= 11 is 8.01. The SMILES string of the molecule is CCC(C)CNC(=O)c1cc(Cl)ccc1I. The average molecular weight is 352 g/mol. The number of hydrogen-bond acceptors (Lipinski definition) is 1. The molecule has 88 valence electrons. The zero-order valence-electron chi connectivity index (χ0n) is 9.39. The molecule has 1 rings (SSSR count). The lowest BCUT2D eigenvalue weighted by Gasteiger charge is -2.11. The number of benzene rings is 1. The highest BCUT2D eigenvalue weighted by Gasteiger charge is 2.10. The molecule has 1 atom stereocenters. The van der Waals surface area contributed by atoms with Gasteiger partial charge in [0.05, 0.1) is 5.56 Å². The number of hydrogen-bond donors (Lipinski definition) is 1. The van der Waals surface area contributed by atoms with Crippen LogP contribution >= 0.6 is 34.2 Å². The van der Waals surface area contributed by atoms with E-state index in [1.165, 1.54) is 0 Å². The van der Waals surface area contributed by atoms with Crippen molar-refractivity contribution in [1.29, 1.82) is 0 Å². The second-order valence-corrected chi connectivity index (χ2v) is 5.45. The molecule has 0 heterocycles. The molecule has 0 saturated carbocycles. The fourth-order valence-corrected chi connectivity index (χ4v) is 1.93. The van der Waals surface area contributed by atoms with E-state index in [1.807, 2.05) is 6.07 Å². The van der Waals surface area contributed by atoms with Crippen molar-refractivity contribution in [3.8, 4) is 0 Å². The molecule has 0 bridgehead atoms. The van der Waals surface area contributed by atoms with Gasteiger partial charge in [0.2, 0.25) is 0 Å². The molecule has 1 aromatic rings. The Bertz CT molecular complexity index is 381. The third-order valence-electron chi connectivity index (χ3n) is 2.48. The van der Waals surface area contributed by atoms with Crippen molar-refractivity contribution in [2.24, 2.45) is 5.92 Å². The van der Waals surface area contributed by atoms with Crippen molar-refractivity contribution in [3.63, 3.8) is 0 Å². The van der Waals surface area contributed by atoms with Gasteiger partial charge in [-0.2, -0.15) is 0 Å². The molecule has 0 aliphatic carbocycles. The number of amides is 1. The Labute approximate surface area is 115 Å². The third kappa shape index (κ3) is 3.94. The van der Waals surface area contributed by atoms with Crippen LogP contribution in [0.1, 0.15) is 30.6 Å². The molecule has 0 aliphatic rings. The van der Waals surface area contributed by atoms with Crippen molar-refractivity contribution >= 4 is 40.1 Å². The standard InChI is InChI=1S/C12H15ClINO/c1-3-8(2)7-15-12(16)10-6-9(13)4-5-11(10)14/h4-6,8H,3,7H2,1-2H3,(H,15,16). The van der Waals surface area contributed by atoms with Gasteiger partial charge < -0.3 is 5.32 Å². The molecule has 1 N–H and O–H groups in total. The van der Waals surface area contributed by atoms with Gasteiger partial charge in [-0.15, -0.1) is 0 Å². The van der Waals surface area contributed by atoms with Gasteiger partial charge in [-0.1, -0.05) is 31.9 Å². The molecule has 16 heavy (non-hydrogen) atoms. The Morgan fingerprint density at radius 1 is 1.56 bits per heavy atom. The van der Waals surface area contributed by atoms with Gasteiger partial charge in [-0.25, -0.2) is 0 Å². The van der Waals surface area contributed by atoms with Crippen LogP contribution in [0.5, 0.6) is 0 Å². The minimum atomic E-state index is -0.0489. The molecular weight excluding hydrogens is 336 g/mol. The molecular formula is C12H15ClINO. The monoisotopic (exact) mass is 351 g/mol. The maximum Gasteiger partial charge on any atom is 0.252 e. The molecule has 1 unspecified atom stereocenters. The third-order valence-corrected chi connectivity index (χ3v) is 3.66. The fraction of sp³-hybridized carbons (Fsp3) is 0.417. The molecule has 0 aliphatic heterocycles. The smallest absolute Gasteiger partial charge is 0.252 e. The van der Waals surface area contributed by atoms with Crippen LogP contribution in [0.15, 0.2) is 18.2 Å². The Hall–Kier alpha value is -0.290. The van der Waals surface area contributed by atoms with Gasteiger partial charge in [0.1, 0.15) is 0 Å². The molecule has 0 radical (unpaired) electrons. The van der Waals surface area contributed by atoms with Crippen LogP contribution in [0.3, 0.4) is 0 Å². The summed E-state index contributed by atoms with van der Waals surface area (Å²) < 4.78 is 0.920. The van der Waals surface area contributed by atoms with E-state index < -0.39 is 0 Å². The summed E-state index contributed by atoms with van der Waals surface area (Å²) in [7, 11) is 0. The van der Waals surface area contributed by atoms with Crippen molar-refractivity contribution in [3.05, 3.63) is 32.4 Å². The number of nitrogens with one attached hydrogen (secondary N) is 1. The van der Waals surface area contributed by atoms with E-state index in [9.17, 15) is 4.79 Å². The van der Waals surface area contributed by atoms with Gasteiger partial charge in [0, 0.05) is 15.1 Å². The van der Waals surface area contributed by atoms with E-state index in [0.717, 1.165) is 9.99 Å². The summed E-state index contributed by atoms with van der Waals surface area (Å²) in [4.78, 5) is 11.9. The average Bonchev–Trinajstić information content (AvgIpc) is 2.28. The highest BCUT2D eigenvalue weighted by Crippen LogP contribution is 2.17. The second kappa shape index (κ2) is 6.45. The molecule has 1 aromatic carbocycles. The first-order valence-electron chi connectivity index (χ1n) is 5.27. The van der Waals surface area contributed by atoms with Crippen molar-refractivity contribution < 1.29 is 4.79 Å². The Balaban J connectivity index is 2.69. The summed E-state index contributed by atoms with van der Waals surface area (Å²) in [5, 5.41) is 3.51. The molecule has 0 spiro atoms. The molecule has 4 heteroatoms. The molecule has 1 amide bonds. The van der Waals surface area contributed by atoms with Crippen molar-refractivity contribution in [2.45, 2.75) is 20.3 Å². The van der Waals surface area contributed by atoms with E-state index in [-0.39, 0.29) is 5.91 Å². The first-order chi connectivity index (χ1) is 7.54. The molecule has 2 nitrogen and oxygen atoms in total. The van der Waals surface area contributed by atoms with Crippen molar-refractivity contribution in [1.82, 2.24) is 5.32 Å². The summed E-state index contributed by atoms with van der Waals surface area (Å²) in [5.41, 5.74) is 0.649. The predicted molar refractivity (Wildman–Crippen MR) is 76.0 cm³/mol. The van der Waals surface area contributed by atoms with Crippen LogP contribution in [0.25, 0.3) is 0 Å². The van der Waals surface area contributed by atoms with E-state index in [4.69, 9.17) is 11.6 Å². The van der Waals surface area contributed by atoms with Gasteiger partial charge in [-0.05, 0) is 46.7 Å². The number of halogens is 2. The lowest BCUT2D eigenvalue weighted by Crippen LogP contribution is -2.28. The summed E-state index contributed by atoms with van der Waals surface area (Å²) in [6.07, 6.45) is 1.06. The van der Waals surface area contributed by atoms with Gasteiger partial charge in [-0.3, -0.25) is 4.79 Å². The predicted octanol–water partition coefficient (Wildman–Crippen LogP) is 3.72. The van der Waals surface area contributed by atoms with Gasteiger partial charge in [0.25, 0.3) is 5.91 Å².